The van der Waals surface area contributed by atoms with Gasteiger partial charge in [-0.25, -0.2) is 9.97 Å². The van der Waals surface area contributed by atoms with Gasteiger partial charge in [0.1, 0.15) is 0 Å². The number of rotatable bonds is 8. The number of aromatic nitrogens is 2. The largest absolute Gasteiger partial charge is 0.335 e. The highest BCUT2D eigenvalue weighted by molar-refractivity contribution is 7.53. The average molecular weight is 363 g/mol. The van der Waals surface area contributed by atoms with E-state index in [0.29, 0.717) is 18.8 Å². The predicted molar refractivity (Wildman–Crippen MR) is 95.7 cm³/mol. The molecule has 0 radical (unpaired) electrons. The normalized spacial score (nSPS) is 11.3. The van der Waals surface area contributed by atoms with Gasteiger partial charge in [0.05, 0.1) is 19.4 Å². The van der Waals surface area contributed by atoms with Crippen molar-refractivity contribution in [1.82, 2.24) is 9.97 Å². The van der Waals surface area contributed by atoms with Gasteiger partial charge in [-0.3, -0.25) is 14.7 Å². The van der Waals surface area contributed by atoms with E-state index in [1.807, 2.05) is 6.92 Å². The molecule has 2 aromatic rings. The van der Waals surface area contributed by atoms with Gasteiger partial charge < -0.3 is 9.05 Å². The van der Waals surface area contributed by atoms with Crippen LogP contribution in [0.1, 0.15) is 35.5 Å². The number of aryl methyl sites for hydroxylation is 1. The summed E-state index contributed by atoms with van der Waals surface area (Å²) in [6.45, 7) is 5.99. The second-order valence-corrected chi connectivity index (χ2v) is 7.33. The van der Waals surface area contributed by atoms with Crippen molar-refractivity contribution < 1.29 is 18.4 Å². The van der Waals surface area contributed by atoms with Gasteiger partial charge >= 0.3 is 7.60 Å². The van der Waals surface area contributed by atoms with Crippen LogP contribution in [0.15, 0.2) is 36.5 Å². The lowest BCUT2D eigenvalue weighted by atomic mass is 10.1. The molecule has 0 saturated carbocycles. The number of carbonyl (C=O) groups is 1. The van der Waals surface area contributed by atoms with Crippen LogP contribution in [0.4, 0.5) is 5.95 Å². The van der Waals surface area contributed by atoms with Crippen molar-refractivity contribution in [2.75, 3.05) is 18.5 Å². The molecule has 1 aromatic carbocycles. The Hall–Kier alpha value is -2.08. The summed E-state index contributed by atoms with van der Waals surface area (Å²) in [5.41, 5.74) is 1.99. The van der Waals surface area contributed by atoms with Gasteiger partial charge in [-0.2, -0.15) is 0 Å². The zero-order chi connectivity index (χ0) is 18.3. The van der Waals surface area contributed by atoms with Crippen molar-refractivity contribution >= 4 is 19.5 Å². The quantitative estimate of drug-likeness (QED) is 0.718. The van der Waals surface area contributed by atoms with Gasteiger partial charge in [-0.15, -0.1) is 0 Å². The minimum absolute atomic E-state index is 0.164. The van der Waals surface area contributed by atoms with Crippen LogP contribution in [0.2, 0.25) is 0 Å². The van der Waals surface area contributed by atoms with Crippen molar-refractivity contribution in [2.45, 2.75) is 26.9 Å². The molecule has 0 aliphatic heterocycles. The molecule has 0 aliphatic carbocycles. The fraction of sp³-hybridized carbons (Fsp3) is 0.353. The Labute approximate surface area is 147 Å². The molecular weight excluding hydrogens is 341 g/mol. The molecule has 8 heteroatoms. The lowest BCUT2D eigenvalue weighted by Gasteiger charge is -2.17. The highest BCUT2D eigenvalue weighted by Gasteiger charge is 2.24. The van der Waals surface area contributed by atoms with Crippen LogP contribution in [0, 0.1) is 6.92 Å². The second kappa shape index (κ2) is 8.85. The van der Waals surface area contributed by atoms with E-state index < -0.39 is 7.60 Å². The van der Waals surface area contributed by atoms with E-state index in [4.69, 9.17) is 9.05 Å². The standard InChI is InChI=1S/C17H22N3O4P/c1-4-23-25(22,24-5-2)12-14-6-8-15(9-7-14)16(21)20-17-18-11-10-13(3)19-17/h6-11H,4-5,12H2,1-3H3,(H,18,19,20,21). The van der Waals surface area contributed by atoms with E-state index in [2.05, 4.69) is 15.3 Å². The van der Waals surface area contributed by atoms with Gasteiger partial charge in [0.25, 0.3) is 5.91 Å². The van der Waals surface area contributed by atoms with E-state index in [0.717, 1.165) is 11.3 Å². The number of nitrogens with one attached hydrogen (secondary N) is 1. The predicted octanol–water partition coefficient (Wildman–Crippen LogP) is 3.80. The molecule has 25 heavy (non-hydrogen) atoms. The van der Waals surface area contributed by atoms with Gasteiger partial charge in [0.2, 0.25) is 5.95 Å². The third-order valence-corrected chi connectivity index (χ3v) is 5.32. The second-order valence-electron chi connectivity index (χ2n) is 5.28. The highest BCUT2D eigenvalue weighted by atomic mass is 31.2. The van der Waals surface area contributed by atoms with Crippen LogP contribution in [0.5, 0.6) is 0 Å². The minimum Gasteiger partial charge on any atom is -0.309 e. The van der Waals surface area contributed by atoms with E-state index >= 15 is 0 Å². The maximum atomic E-state index is 12.5. The molecule has 1 heterocycles. The van der Waals surface area contributed by atoms with Crippen LogP contribution in [0.3, 0.4) is 0 Å². The van der Waals surface area contributed by atoms with Crippen molar-refractivity contribution in [3.63, 3.8) is 0 Å². The summed E-state index contributed by atoms with van der Waals surface area (Å²) in [7, 11) is -3.16. The third-order valence-electron chi connectivity index (χ3n) is 3.26. The highest BCUT2D eigenvalue weighted by Crippen LogP contribution is 2.51. The van der Waals surface area contributed by atoms with E-state index in [9.17, 15) is 9.36 Å². The van der Waals surface area contributed by atoms with Crippen molar-refractivity contribution in [1.29, 1.82) is 0 Å². The molecule has 0 bridgehead atoms. The third kappa shape index (κ3) is 5.74. The summed E-state index contributed by atoms with van der Waals surface area (Å²) in [6, 6.07) is 8.53. The van der Waals surface area contributed by atoms with Crippen LogP contribution in [-0.2, 0) is 19.8 Å². The summed E-state index contributed by atoms with van der Waals surface area (Å²) in [6.07, 6.45) is 1.75. The molecule has 0 saturated heterocycles. The number of nitrogens with zero attached hydrogens (tertiary/aromatic N) is 2. The summed E-state index contributed by atoms with van der Waals surface area (Å²) < 4.78 is 23.1. The molecule has 1 amide bonds. The molecule has 1 aromatic heterocycles. The number of amides is 1. The topological polar surface area (TPSA) is 90.4 Å². The van der Waals surface area contributed by atoms with E-state index in [1.54, 1.807) is 50.4 Å². The van der Waals surface area contributed by atoms with Crippen LogP contribution in [0.25, 0.3) is 0 Å². The minimum atomic E-state index is -3.16. The Kier molecular flexibility index (Phi) is 6.82. The van der Waals surface area contributed by atoms with Gasteiger partial charge in [0.15, 0.2) is 0 Å². The first-order valence-corrected chi connectivity index (χ1v) is 9.76. The number of hydrogen-bond acceptors (Lipinski definition) is 6. The summed E-state index contributed by atoms with van der Waals surface area (Å²) in [5.74, 6) is -0.0544. The Morgan fingerprint density at radius 1 is 1.12 bits per heavy atom. The number of carbonyl (C=O) groups excluding carboxylic acids is 1. The van der Waals surface area contributed by atoms with Crippen LogP contribution in [-0.4, -0.2) is 29.1 Å². The molecule has 0 unspecified atom stereocenters. The first-order valence-electron chi connectivity index (χ1n) is 8.04. The van der Waals surface area contributed by atoms with Crippen LogP contribution >= 0.6 is 7.60 Å². The zero-order valence-corrected chi connectivity index (χ0v) is 15.5. The van der Waals surface area contributed by atoms with Gasteiger partial charge in [-0.1, -0.05) is 12.1 Å². The molecular formula is C17H22N3O4P. The fourth-order valence-electron chi connectivity index (χ4n) is 2.19. The molecule has 7 nitrogen and oxygen atoms in total. The maximum Gasteiger partial charge on any atom is 0.335 e. The molecule has 0 aliphatic rings. The summed E-state index contributed by atoms with van der Waals surface area (Å²) in [5, 5.41) is 2.64. The molecule has 0 spiro atoms. The first kappa shape index (κ1) is 19.2. The number of anilines is 1. The van der Waals surface area contributed by atoms with Crippen molar-refractivity contribution in [3.8, 4) is 0 Å². The van der Waals surface area contributed by atoms with Crippen LogP contribution < -0.4 is 5.32 Å². The summed E-state index contributed by atoms with van der Waals surface area (Å²) >= 11 is 0. The van der Waals surface area contributed by atoms with E-state index in [1.165, 1.54) is 0 Å². The summed E-state index contributed by atoms with van der Waals surface area (Å²) in [4.78, 5) is 20.4. The van der Waals surface area contributed by atoms with Gasteiger partial charge in [-0.05, 0) is 44.5 Å². The Bertz CT molecular complexity index is 755. The molecule has 2 rings (SSSR count). The Balaban J connectivity index is 2.06. The Morgan fingerprint density at radius 2 is 1.76 bits per heavy atom. The molecule has 0 atom stereocenters. The molecule has 0 fully saturated rings. The fourth-order valence-corrected chi connectivity index (χ4v) is 3.89. The van der Waals surface area contributed by atoms with E-state index in [-0.39, 0.29) is 18.0 Å². The number of hydrogen-bond donors (Lipinski definition) is 1. The number of benzene rings is 1. The van der Waals surface area contributed by atoms with Gasteiger partial charge in [0, 0.05) is 17.5 Å². The maximum absolute atomic E-state index is 12.5. The lowest BCUT2D eigenvalue weighted by molar-refractivity contribution is 0.102. The monoisotopic (exact) mass is 363 g/mol. The SMILES string of the molecule is CCOP(=O)(Cc1ccc(C(=O)Nc2nccc(C)n2)cc1)OCC. The smallest absolute Gasteiger partial charge is 0.309 e. The van der Waals surface area contributed by atoms with Crippen molar-refractivity contribution in [3.05, 3.63) is 53.3 Å². The first-order chi connectivity index (χ1) is 12.0. The Morgan fingerprint density at radius 3 is 2.32 bits per heavy atom. The molecule has 134 valence electrons. The lowest BCUT2D eigenvalue weighted by Crippen LogP contribution is -2.14. The van der Waals surface area contributed by atoms with Crippen molar-refractivity contribution in [2.24, 2.45) is 0 Å². The zero-order valence-electron chi connectivity index (χ0n) is 14.6. The average Bonchev–Trinajstić information content (AvgIpc) is 2.55. The molecule has 1 N–H and O–H groups in total.